The van der Waals surface area contributed by atoms with Gasteiger partial charge in [0.15, 0.2) is 0 Å². The van der Waals surface area contributed by atoms with Gasteiger partial charge in [0.25, 0.3) is 0 Å². The molecule has 0 aromatic rings. The Labute approximate surface area is 85.6 Å². The van der Waals surface area contributed by atoms with E-state index < -0.39 is 11.7 Å². The second kappa shape index (κ2) is 6.05. The van der Waals surface area contributed by atoms with E-state index in [0.29, 0.717) is 6.54 Å². The minimum absolute atomic E-state index is 0. The predicted molar refractivity (Wildman–Crippen MR) is 55.1 cm³/mol. The molecule has 0 aliphatic carbocycles. The predicted octanol–water partition coefficient (Wildman–Crippen LogP) is 1.28. The Bertz CT molecular complexity index is 155. The monoisotopic (exact) mass is 210 g/mol. The summed E-state index contributed by atoms with van der Waals surface area (Å²) in [5.74, 6) is 0. The van der Waals surface area contributed by atoms with Crippen molar-refractivity contribution in [3.63, 3.8) is 0 Å². The molecule has 4 nitrogen and oxygen atoms in total. The third-order valence-corrected chi connectivity index (χ3v) is 0.967. The minimum atomic E-state index is -0.443. The summed E-state index contributed by atoms with van der Waals surface area (Å²) in [4.78, 5) is 11.0. The number of ether oxygens (including phenoxy) is 1. The fourth-order valence-electron chi connectivity index (χ4n) is 0.558. The lowest BCUT2D eigenvalue weighted by Gasteiger charge is -2.20. The second-order valence-corrected chi connectivity index (χ2v) is 3.86. The molecule has 5 heteroatoms. The maximum Gasteiger partial charge on any atom is 0.407 e. The molecule has 0 spiro atoms. The zero-order valence-corrected chi connectivity index (χ0v) is 9.40. The van der Waals surface area contributed by atoms with E-state index in [1.54, 1.807) is 0 Å². The van der Waals surface area contributed by atoms with Crippen molar-refractivity contribution in [1.82, 2.24) is 5.32 Å². The van der Waals surface area contributed by atoms with Crippen LogP contribution in [-0.4, -0.2) is 24.3 Å². The van der Waals surface area contributed by atoms with Crippen LogP contribution in [0.4, 0.5) is 4.79 Å². The van der Waals surface area contributed by atoms with Gasteiger partial charge in [-0.25, -0.2) is 4.79 Å². The van der Waals surface area contributed by atoms with E-state index in [1.165, 1.54) is 0 Å². The molecule has 80 valence electrons. The number of carbonyl (C=O) groups is 1. The number of carbonyl (C=O) groups excluding carboxylic acids is 1. The first-order valence-corrected chi connectivity index (χ1v) is 4.03. The number of nitrogens with two attached hydrogens (primary N) is 1. The van der Waals surface area contributed by atoms with Crippen molar-refractivity contribution in [3.8, 4) is 0 Å². The van der Waals surface area contributed by atoms with Crippen molar-refractivity contribution in [2.24, 2.45) is 5.73 Å². The molecule has 0 aliphatic rings. The van der Waals surface area contributed by atoms with Crippen LogP contribution in [0.1, 0.15) is 27.7 Å². The Morgan fingerprint density at radius 3 is 2.31 bits per heavy atom. The van der Waals surface area contributed by atoms with E-state index >= 15 is 0 Å². The van der Waals surface area contributed by atoms with Crippen molar-refractivity contribution in [3.05, 3.63) is 0 Å². The fourth-order valence-corrected chi connectivity index (χ4v) is 0.558. The van der Waals surface area contributed by atoms with E-state index in [1.807, 2.05) is 27.7 Å². The van der Waals surface area contributed by atoms with Crippen LogP contribution in [0.5, 0.6) is 0 Å². The lowest BCUT2D eigenvalue weighted by atomic mass is 10.2. The largest absolute Gasteiger partial charge is 0.444 e. The third-order valence-electron chi connectivity index (χ3n) is 0.967. The van der Waals surface area contributed by atoms with Gasteiger partial charge >= 0.3 is 6.09 Å². The summed E-state index contributed by atoms with van der Waals surface area (Å²) in [6.45, 7) is 7.71. The molecule has 0 radical (unpaired) electrons. The molecule has 13 heavy (non-hydrogen) atoms. The highest BCUT2D eigenvalue weighted by Gasteiger charge is 2.15. The van der Waals surface area contributed by atoms with Crippen molar-refractivity contribution in [2.75, 3.05) is 6.54 Å². The second-order valence-electron chi connectivity index (χ2n) is 3.86. The lowest BCUT2D eigenvalue weighted by Crippen LogP contribution is -2.38. The van der Waals surface area contributed by atoms with Crippen LogP contribution in [0.2, 0.25) is 0 Å². The highest BCUT2D eigenvalue weighted by molar-refractivity contribution is 5.85. The first kappa shape index (κ1) is 15.0. The standard InChI is InChI=1S/C8H18N2O2.ClH/c1-6(9)5-10-7(11)12-8(2,3)4;/h6H,5,9H2,1-4H3,(H,10,11);1H. The smallest absolute Gasteiger partial charge is 0.407 e. The lowest BCUT2D eigenvalue weighted by molar-refractivity contribution is 0.0525. The van der Waals surface area contributed by atoms with E-state index in [9.17, 15) is 4.79 Å². The van der Waals surface area contributed by atoms with Gasteiger partial charge in [-0.1, -0.05) is 0 Å². The number of hydrogen-bond acceptors (Lipinski definition) is 3. The molecule has 0 bridgehead atoms. The normalized spacial score (nSPS) is 12.7. The van der Waals surface area contributed by atoms with E-state index in [4.69, 9.17) is 10.5 Å². The summed E-state index contributed by atoms with van der Waals surface area (Å²) in [6.07, 6.45) is -0.417. The Hall–Kier alpha value is -0.480. The summed E-state index contributed by atoms with van der Waals surface area (Å²) in [5.41, 5.74) is 4.99. The first-order chi connectivity index (χ1) is 5.31. The summed E-state index contributed by atoms with van der Waals surface area (Å²) in [6, 6.07) is -0.0440. The highest BCUT2D eigenvalue weighted by Crippen LogP contribution is 2.05. The third kappa shape index (κ3) is 11.5. The van der Waals surface area contributed by atoms with Gasteiger partial charge in [0.2, 0.25) is 0 Å². The van der Waals surface area contributed by atoms with Gasteiger partial charge in [-0.15, -0.1) is 12.4 Å². The Morgan fingerprint density at radius 2 is 2.00 bits per heavy atom. The molecule has 1 unspecified atom stereocenters. The van der Waals surface area contributed by atoms with Crippen molar-refractivity contribution in [1.29, 1.82) is 0 Å². The van der Waals surface area contributed by atoms with Crippen LogP contribution < -0.4 is 11.1 Å². The minimum Gasteiger partial charge on any atom is -0.444 e. The Kier molecular flexibility index (Phi) is 6.98. The highest BCUT2D eigenvalue weighted by atomic mass is 35.5. The van der Waals surface area contributed by atoms with E-state index in [0.717, 1.165) is 0 Å². The number of amides is 1. The molecule has 3 N–H and O–H groups in total. The quantitative estimate of drug-likeness (QED) is 0.722. The molecule has 0 saturated heterocycles. The Morgan fingerprint density at radius 1 is 1.54 bits per heavy atom. The first-order valence-electron chi connectivity index (χ1n) is 4.03. The van der Waals surface area contributed by atoms with Crippen LogP contribution >= 0.6 is 12.4 Å². The average Bonchev–Trinajstić information content (AvgIpc) is 1.79. The van der Waals surface area contributed by atoms with Crippen LogP contribution in [0.3, 0.4) is 0 Å². The molecule has 0 aromatic carbocycles. The van der Waals surface area contributed by atoms with Gasteiger partial charge in [0.1, 0.15) is 5.60 Å². The van der Waals surface area contributed by atoms with Crippen LogP contribution in [-0.2, 0) is 4.74 Å². The molecule has 0 saturated carbocycles. The number of rotatable bonds is 2. The van der Waals surface area contributed by atoms with Crippen molar-refractivity contribution >= 4 is 18.5 Å². The van der Waals surface area contributed by atoms with Gasteiger partial charge in [0, 0.05) is 12.6 Å². The maximum atomic E-state index is 11.0. The summed E-state index contributed by atoms with van der Waals surface area (Å²) >= 11 is 0. The molecule has 1 atom stereocenters. The number of alkyl carbamates (subject to hydrolysis) is 1. The summed E-state index contributed by atoms with van der Waals surface area (Å²) < 4.78 is 4.98. The summed E-state index contributed by atoms with van der Waals surface area (Å²) in [5, 5.41) is 2.55. The van der Waals surface area contributed by atoms with E-state index in [2.05, 4.69) is 5.32 Å². The van der Waals surface area contributed by atoms with Crippen molar-refractivity contribution < 1.29 is 9.53 Å². The zero-order valence-electron chi connectivity index (χ0n) is 8.59. The fraction of sp³-hybridized carbons (Fsp3) is 0.875. The molecule has 0 aromatic heterocycles. The Balaban J connectivity index is 0. The van der Waals surface area contributed by atoms with E-state index in [-0.39, 0.29) is 18.4 Å². The molecule has 0 fully saturated rings. The number of nitrogens with one attached hydrogen (secondary N) is 1. The number of hydrogen-bond donors (Lipinski definition) is 2. The van der Waals surface area contributed by atoms with Gasteiger partial charge in [-0.05, 0) is 27.7 Å². The van der Waals surface area contributed by atoms with Gasteiger partial charge in [-0.3, -0.25) is 0 Å². The average molecular weight is 211 g/mol. The topological polar surface area (TPSA) is 64.3 Å². The van der Waals surface area contributed by atoms with Crippen LogP contribution in [0.15, 0.2) is 0 Å². The summed E-state index contributed by atoms with van der Waals surface area (Å²) in [7, 11) is 0. The maximum absolute atomic E-state index is 11.0. The van der Waals surface area contributed by atoms with Crippen molar-refractivity contribution in [2.45, 2.75) is 39.3 Å². The molecule has 0 heterocycles. The molecular formula is C8H19ClN2O2. The SMILES string of the molecule is CC(N)CNC(=O)OC(C)(C)C.Cl. The molecule has 1 amide bonds. The van der Waals surface area contributed by atoms with Crippen LogP contribution in [0, 0.1) is 0 Å². The van der Waals surface area contributed by atoms with Gasteiger partial charge < -0.3 is 15.8 Å². The van der Waals surface area contributed by atoms with Gasteiger partial charge in [0.05, 0.1) is 0 Å². The molecular weight excluding hydrogens is 192 g/mol. The molecule has 0 aliphatic heterocycles. The number of halogens is 1. The van der Waals surface area contributed by atoms with Gasteiger partial charge in [-0.2, -0.15) is 0 Å². The van der Waals surface area contributed by atoms with Crippen LogP contribution in [0.25, 0.3) is 0 Å². The zero-order chi connectivity index (χ0) is 9.78. The molecule has 0 rings (SSSR count).